The van der Waals surface area contributed by atoms with Crippen molar-refractivity contribution in [2.75, 3.05) is 12.3 Å². The van der Waals surface area contributed by atoms with Crippen LogP contribution < -0.4 is 0 Å². The van der Waals surface area contributed by atoms with Crippen molar-refractivity contribution < 1.29 is 14.3 Å². The van der Waals surface area contributed by atoms with Gasteiger partial charge in [0.05, 0.1) is 0 Å². The van der Waals surface area contributed by atoms with Gasteiger partial charge in [-0.25, -0.2) is 4.79 Å². The number of ether oxygens (including phenoxy) is 1. The average Bonchev–Trinajstić information content (AvgIpc) is 2.47. The fourth-order valence-electron chi connectivity index (χ4n) is 1.12. The van der Waals surface area contributed by atoms with Crippen molar-refractivity contribution in [3.63, 3.8) is 0 Å². The van der Waals surface area contributed by atoms with Crippen LogP contribution in [0.5, 0.6) is 0 Å². The lowest BCUT2D eigenvalue weighted by atomic mass is 10.2. The van der Waals surface area contributed by atoms with Gasteiger partial charge in [0.1, 0.15) is 11.0 Å². The van der Waals surface area contributed by atoms with E-state index >= 15 is 0 Å². The number of carbonyl (C=O) groups is 2. The second-order valence-corrected chi connectivity index (χ2v) is 5.30. The zero-order valence-electron chi connectivity index (χ0n) is 8.65. The van der Waals surface area contributed by atoms with Crippen LogP contribution in [0.3, 0.4) is 0 Å². The molecule has 14 heavy (non-hydrogen) atoms. The number of aldehydes is 1. The summed E-state index contributed by atoms with van der Waals surface area (Å²) >= 11 is 1.46. The van der Waals surface area contributed by atoms with Crippen molar-refractivity contribution in [3.05, 3.63) is 0 Å². The Kier molecular flexibility index (Phi) is 3.42. The molecule has 1 heterocycles. The molecule has 0 N–H and O–H groups in total. The van der Waals surface area contributed by atoms with Crippen LogP contribution in [0.25, 0.3) is 0 Å². The molecule has 0 aliphatic carbocycles. The normalized spacial score (nSPS) is 22.2. The van der Waals surface area contributed by atoms with E-state index in [1.807, 2.05) is 20.8 Å². The van der Waals surface area contributed by atoms with Gasteiger partial charge >= 0.3 is 6.09 Å². The molecule has 1 fully saturated rings. The Labute approximate surface area is 88.0 Å². The number of hydrogen-bond donors (Lipinski definition) is 0. The molecule has 0 saturated carbocycles. The summed E-state index contributed by atoms with van der Waals surface area (Å²) < 4.78 is 5.17. The second-order valence-electron chi connectivity index (χ2n) is 4.07. The van der Waals surface area contributed by atoms with Gasteiger partial charge in [-0.05, 0) is 20.8 Å². The van der Waals surface area contributed by atoms with E-state index in [4.69, 9.17) is 4.74 Å². The standard InChI is InChI=1S/C9H15NO3S/c1-9(2,3)13-8(12)10-4-5-14-7(10)6-11/h6-7H,4-5H2,1-3H3. The molecule has 0 aromatic carbocycles. The summed E-state index contributed by atoms with van der Waals surface area (Å²) in [6, 6.07) is 0. The monoisotopic (exact) mass is 217 g/mol. The van der Waals surface area contributed by atoms with E-state index in [0.29, 0.717) is 6.54 Å². The smallest absolute Gasteiger partial charge is 0.411 e. The van der Waals surface area contributed by atoms with Crippen molar-refractivity contribution in [1.82, 2.24) is 4.90 Å². The minimum absolute atomic E-state index is 0.371. The lowest BCUT2D eigenvalue weighted by molar-refractivity contribution is -0.109. The summed E-state index contributed by atoms with van der Waals surface area (Å²) in [6.07, 6.45) is 0.376. The predicted molar refractivity (Wildman–Crippen MR) is 55.3 cm³/mol. The second kappa shape index (κ2) is 4.21. The fraction of sp³-hybridized carbons (Fsp3) is 0.778. The quantitative estimate of drug-likeness (QED) is 0.624. The topological polar surface area (TPSA) is 46.6 Å². The third kappa shape index (κ3) is 2.90. The van der Waals surface area contributed by atoms with E-state index in [-0.39, 0.29) is 5.37 Å². The summed E-state index contributed by atoms with van der Waals surface area (Å²) in [4.78, 5) is 23.6. The number of hydrogen-bond acceptors (Lipinski definition) is 4. The van der Waals surface area contributed by atoms with E-state index in [0.717, 1.165) is 12.0 Å². The highest BCUT2D eigenvalue weighted by Crippen LogP contribution is 2.23. The maximum absolute atomic E-state index is 11.6. The maximum atomic E-state index is 11.6. The lowest BCUT2D eigenvalue weighted by Gasteiger charge is -2.25. The van der Waals surface area contributed by atoms with Crippen LogP contribution in [0, 0.1) is 0 Å². The number of nitrogens with zero attached hydrogens (tertiary/aromatic N) is 1. The molecule has 80 valence electrons. The first-order valence-electron chi connectivity index (χ1n) is 4.50. The van der Waals surface area contributed by atoms with Gasteiger partial charge in [-0.3, -0.25) is 4.90 Å². The summed E-state index contributed by atoms with van der Waals surface area (Å²) in [5, 5.41) is -0.371. The highest BCUT2D eigenvalue weighted by Gasteiger charge is 2.32. The van der Waals surface area contributed by atoms with E-state index in [1.54, 1.807) is 0 Å². The van der Waals surface area contributed by atoms with Gasteiger partial charge in [-0.15, -0.1) is 11.8 Å². The van der Waals surface area contributed by atoms with Gasteiger partial charge in [0, 0.05) is 12.3 Å². The lowest BCUT2D eigenvalue weighted by Crippen LogP contribution is -2.39. The summed E-state index contributed by atoms with van der Waals surface area (Å²) in [5.41, 5.74) is -0.502. The molecule has 5 heteroatoms. The van der Waals surface area contributed by atoms with Gasteiger partial charge in [-0.2, -0.15) is 0 Å². The molecule has 0 bridgehead atoms. The van der Waals surface area contributed by atoms with E-state index in [1.165, 1.54) is 16.7 Å². The molecule has 1 rings (SSSR count). The first-order valence-corrected chi connectivity index (χ1v) is 5.55. The van der Waals surface area contributed by atoms with Gasteiger partial charge < -0.3 is 9.53 Å². The molecule has 1 amide bonds. The maximum Gasteiger partial charge on any atom is 0.411 e. The largest absolute Gasteiger partial charge is 0.444 e. The van der Waals surface area contributed by atoms with E-state index in [9.17, 15) is 9.59 Å². The number of amides is 1. The highest BCUT2D eigenvalue weighted by atomic mass is 32.2. The average molecular weight is 217 g/mol. The van der Waals surface area contributed by atoms with Crippen LogP contribution in [-0.4, -0.2) is 40.6 Å². The van der Waals surface area contributed by atoms with Gasteiger partial charge in [0.2, 0.25) is 0 Å². The van der Waals surface area contributed by atoms with Crippen LogP contribution in [0.4, 0.5) is 4.79 Å². The molecule has 1 aliphatic heterocycles. The Balaban J connectivity index is 2.56. The number of carbonyl (C=O) groups excluding carboxylic acids is 2. The van der Waals surface area contributed by atoms with Crippen LogP contribution in [0.15, 0.2) is 0 Å². The van der Waals surface area contributed by atoms with Gasteiger partial charge in [-0.1, -0.05) is 0 Å². The molecule has 0 aromatic heterocycles. The Hall–Kier alpha value is -0.710. The van der Waals surface area contributed by atoms with Crippen molar-refractivity contribution >= 4 is 24.1 Å². The molecule has 0 aromatic rings. The minimum atomic E-state index is -0.502. The highest BCUT2D eigenvalue weighted by molar-refractivity contribution is 8.00. The fourth-order valence-corrected chi connectivity index (χ4v) is 2.11. The molecule has 1 saturated heterocycles. The van der Waals surface area contributed by atoms with E-state index in [2.05, 4.69) is 0 Å². The molecule has 1 atom stereocenters. The molecule has 0 radical (unpaired) electrons. The zero-order chi connectivity index (χ0) is 10.8. The Morgan fingerprint density at radius 3 is 2.71 bits per heavy atom. The summed E-state index contributed by atoms with van der Waals surface area (Å²) in [5.74, 6) is 0.794. The SMILES string of the molecule is CC(C)(C)OC(=O)N1CCSC1C=O. The summed E-state index contributed by atoms with van der Waals surface area (Å²) in [7, 11) is 0. The molecule has 1 aliphatic rings. The van der Waals surface area contributed by atoms with Crippen molar-refractivity contribution in [2.24, 2.45) is 0 Å². The van der Waals surface area contributed by atoms with Gasteiger partial charge in [0.15, 0.2) is 6.29 Å². The Morgan fingerprint density at radius 1 is 1.57 bits per heavy atom. The van der Waals surface area contributed by atoms with Crippen molar-refractivity contribution in [2.45, 2.75) is 31.7 Å². The third-order valence-electron chi connectivity index (χ3n) is 1.67. The molecular weight excluding hydrogens is 202 g/mol. The molecule has 0 spiro atoms. The predicted octanol–water partition coefficient (Wildman–Crippen LogP) is 1.50. The summed E-state index contributed by atoms with van der Waals surface area (Å²) in [6.45, 7) is 6.01. The van der Waals surface area contributed by atoms with Crippen LogP contribution in [0.2, 0.25) is 0 Å². The van der Waals surface area contributed by atoms with Crippen LogP contribution in [0.1, 0.15) is 20.8 Å². The third-order valence-corrected chi connectivity index (χ3v) is 2.80. The molecule has 1 unspecified atom stereocenters. The van der Waals surface area contributed by atoms with Crippen LogP contribution in [-0.2, 0) is 9.53 Å². The van der Waals surface area contributed by atoms with Gasteiger partial charge in [0.25, 0.3) is 0 Å². The number of rotatable bonds is 1. The van der Waals surface area contributed by atoms with Crippen LogP contribution >= 0.6 is 11.8 Å². The van der Waals surface area contributed by atoms with Crippen molar-refractivity contribution in [1.29, 1.82) is 0 Å². The molecule has 4 nitrogen and oxygen atoms in total. The first kappa shape index (κ1) is 11.4. The zero-order valence-corrected chi connectivity index (χ0v) is 9.47. The van der Waals surface area contributed by atoms with E-state index < -0.39 is 11.7 Å². The first-order chi connectivity index (χ1) is 6.44. The Morgan fingerprint density at radius 2 is 2.21 bits per heavy atom. The molecular formula is C9H15NO3S. The minimum Gasteiger partial charge on any atom is -0.444 e. The van der Waals surface area contributed by atoms with Crippen molar-refractivity contribution in [3.8, 4) is 0 Å². The number of thioether (sulfide) groups is 1. The Bertz CT molecular complexity index is 237.